The van der Waals surface area contributed by atoms with Crippen molar-refractivity contribution in [2.75, 3.05) is 20.6 Å². The molecule has 0 spiro atoms. The number of likely N-dealkylation sites (N-methyl/N-ethyl adjacent to an activating group) is 1. The number of nitrogens with zero attached hydrogens (tertiary/aromatic N) is 1. The van der Waals surface area contributed by atoms with Gasteiger partial charge in [0.1, 0.15) is 0 Å². The van der Waals surface area contributed by atoms with Gasteiger partial charge >= 0.3 is 0 Å². The van der Waals surface area contributed by atoms with E-state index in [2.05, 4.69) is 38.2 Å². The van der Waals surface area contributed by atoms with Gasteiger partial charge in [0.15, 0.2) is 0 Å². The minimum absolute atomic E-state index is 0.635. The Labute approximate surface area is 95.4 Å². The first kappa shape index (κ1) is 13.0. The minimum atomic E-state index is 0.635. The first-order chi connectivity index (χ1) is 7.11. The molecule has 2 atom stereocenters. The molecule has 2 unspecified atom stereocenters. The quantitative estimate of drug-likeness (QED) is 0.753. The Morgan fingerprint density at radius 2 is 1.73 bits per heavy atom. The standard InChI is InChI=1S/C13H28N2/c1-11(15(3)4)10-14-12(2)13-8-6-5-7-9-13/h11-14H,5-10H2,1-4H3. The molecule has 1 saturated carbocycles. The summed E-state index contributed by atoms with van der Waals surface area (Å²) < 4.78 is 0. The number of hydrogen-bond donors (Lipinski definition) is 1. The van der Waals surface area contributed by atoms with Crippen LogP contribution in [0.3, 0.4) is 0 Å². The van der Waals surface area contributed by atoms with Crippen molar-refractivity contribution in [1.29, 1.82) is 0 Å². The van der Waals surface area contributed by atoms with E-state index < -0.39 is 0 Å². The van der Waals surface area contributed by atoms with E-state index >= 15 is 0 Å². The number of rotatable bonds is 5. The fraction of sp³-hybridized carbons (Fsp3) is 1.00. The van der Waals surface area contributed by atoms with Gasteiger partial charge in [-0.2, -0.15) is 0 Å². The van der Waals surface area contributed by atoms with Gasteiger partial charge in [0.25, 0.3) is 0 Å². The zero-order chi connectivity index (χ0) is 11.3. The highest BCUT2D eigenvalue weighted by Gasteiger charge is 2.19. The van der Waals surface area contributed by atoms with Crippen molar-refractivity contribution in [2.45, 2.75) is 58.0 Å². The third kappa shape index (κ3) is 4.52. The Kier molecular flexibility index (Phi) is 5.62. The van der Waals surface area contributed by atoms with Crippen LogP contribution in [0.4, 0.5) is 0 Å². The summed E-state index contributed by atoms with van der Waals surface area (Å²) in [7, 11) is 4.30. The summed E-state index contributed by atoms with van der Waals surface area (Å²) >= 11 is 0. The molecule has 2 heteroatoms. The first-order valence-corrected chi connectivity index (χ1v) is 6.51. The van der Waals surface area contributed by atoms with E-state index in [0.29, 0.717) is 12.1 Å². The molecule has 1 aliphatic carbocycles. The van der Waals surface area contributed by atoms with Crippen molar-refractivity contribution in [2.24, 2.45) is 5.92 Å². The Morgan fingerprint density at radius 3 is 2.27 bits per heavy atom. The van der Waals surface area contributed by atoms with Crippen LogP contribution >= 0.6 is 0 Å². The molecule has 0 heterocycles. The van der Waals surface area contributed by atoms with Gasteiger partial charge in [0.2, 0.25) is 0 Å². The van der Waals surface area contributed by atoms with Crippen molar-refractivity contribution >= 4 is 0 Å². The fourth-order valence-electron chi connectivity index (χ4n) is 2.34. The summed E-state index contributed by atoms with van der Waals surface area (Å²) in [6.07, 6.45) is 7.21. The molecular weight excluding hydrogens is 184 g/mol. The molecule has 0 amide bonds. The van der Waals surface area contributed by atoms with Crippen LogP contribution in [0.15, 0.2) is 0 Å². The molecule has 15 heavy (non-hydrogen) atoms. The maximum Gasteiger partial charge on any atom is 0.0186 e. The monoisotopic (exact) mass is 212 g/mol. The molecule has 0 radical (unpaired) electrons. The van der Waals surface area contributed by atoms with E-state index in [1.54, 1.807) is 0 Å². The third-order valence-electron chi connectivity index (χ3n) is 3.97. The zero-order valence-corrected chi connectivity index (χ0v) is 10.9. The first-order valence-electron chi connectivity index (χ1n) is 6.51. The molecule has 1 rings (SSSR count). The molecule has 0 aromatic heterocycles. The largest absolute Gasteiger partial charge is 0.312 e. The van der Waals surface area contributed by atoms with E-state index in [9.17, 15) is 0 Å². The minimum Gasteiger partial charge on any atom is -0.312 e. The average molecular weight is 212 g/mol. The summed E-state index contributed by atoms with van der Waals surface area (Å²) in [5, 5.41) is 3.69. The summed E-state index contributed by atoms with van der Waals surface area (Å²) in [4.78, 5) is 2.28. The summed E-state index contributed by atoms with van der Waals surface area (Å²) in [6, 6.07) is 1.34. The molecule has 1 N–H and O–H groups in total. The van der Waals surface area contributed by atoms with Crippen molar-refractivity contribution in [1.82, 2.24) is 10.2 Å². The molecular formula is C13H28N2. The average Bonchev–Trinajstić information content (AvgIpc) is 2.26. The lowest BCUT2D eigenvalue weighted by Gasteiger charge is -2.30. The van der Waals surface area contributed by atoms with Gasteiger partial charge < -0.3 is 10.2 Å². The van der Waals surface area contributed by atoms with E-state index in [1.165, 1.54) is 32.1 Å². The summed E-state index contributed by atoms with van der Waals surface area (Å²) in [6.45, 7) is 5.75. The normalized spacial score (nSPS) is 23.0. The molecule has 0 saturated heterocycles. The van der Waals surface area contributed by atoms with Crippen LogP contribution in [0.5, 0.6) is 0 Å². The molecule has 0 bridgehead atoms. The van der Waals surface area contributed by atoms with Crippen LogP contribution in [-0.4, -0.2) is 37.6 Å². The zero-order valence-electron chi connectivity index (χ0n) is 10.9. The van der Waals surface area contributed by atoms with Gasteiger partial charge in [-0.3, -0.25) is 0 Å². The Bertz CT molecular complexity index is 162. The summed E-state index contributed by atoms with van der Waals surface area (Å²) in [5.74, 6) is 0.924. The highest BCUT2D eigenvalue weighted by molar-refractivity contribution is 4.77. The predicted molar refractivity (Wildman–Crippen MR) is 67.2 cm³/mol. The predicted octanol–water partition coefficient (Wildman–Crippen LogP) is 2.49. The van der Waals surface area contributed by atoms with E-state index in [0.717, 1.165) is 12.5 Å². The van der Waals surface area contributed by atoms with Crippen LogP contribution in [0.1, 0.15) is 46.0 Å². The Balaban J connectivity index is 2.19. The maximum absolute atomic E-state index is 3.69. The van der Waals surface area contributed by atoms with Gasteiger partial charge in [-0.25, -0.2) is 0 Å². The molecule has 0 aliphatic heterocycles. The van der Waals surface area contributed by atoms with Gasteiger partial charge in [-0.05, 0) is 46.7 Å². The van der Waals surface area contributed by atoms with Gasteiger partial charge in [-0.1, -0.05) is 19.3 Å². The van der Waals surface area contributed by atoms with Crippen molar-refractivity contribution in [3.8, 4) is 0 Å². The van der Waals surface area contributed by atoms with Gasteiger partial charge in [-0.15, -0.1) is 0 Å². The highest BCUT2D eigenvalue weighted by atomic mass is 15.1. The lowest BCUT2D eigenvalue weighted by atomic mass is 9.84. The Hall–Kier alpha value is -0.0800. The van der Waals surface area contributed by atoms with E-state index in [-0.39, 0.29) is 0 Å². The second-order valence-corrected chi connectivity index (χ2v) is 5.41. The van der Waals surface area contributed by atoms with Gasteiger partial charge in [0.05, 0.1) is 0 Å². The second-order valence-electron chi connectivity index (χ2n) is 5.41. The van der Waals surface area contributed by atoms with Crippen LogP contribution in [0.2, 0.25) is 0 Å². The molecule has 0 aromatic carbocycles. The molecule has 0 aromatic rings. The number of hydrogen-bond acceptors (Lipinski definition) is 2. The molecule has 1 aliphatic rings. The van der Waals surface area contributed by atoms with E-state index in [1.807, 2.05) is 0 Å². The van der Waals surface area contributed by atoms with Crippen molar-refractivity contribution in [3.63, 3.8) is 0 Å². The molecule has 2 nitrogen and oxygen atoms in total. The Morgan fingerprint density at radius 1 is 1.13 bits per heavy atom. The van der Waals surface area contributed by atoms with E-state index in [4.69, 9.17) is 0 Å². The second kappa shape index (κ2) is 6.49. The number of nitrogens with one attached hydrogen (secondary N) is 1. The molecule has 1 fully saturated rings. The third-order valence-corrected chi connectivity index (χ3v) is 3.97. The van der Waals surface area contributed by atoms with Crippen LogP contribution < -0.4 is 5.32 Å². The lowest BCUT2D eigenvalue weighted by Crippen LogP contribution is -2.42. The maximum atomic E-state index is 3.69. The lowest BCUT2D eigenvalue weighted by molar-refractivity contribution is 0.248. The van der Waals surface area contributed by atoms with Crippen LogP contribution in [0, 0.1) is 5.92 Å². The SMILES string of the molecule is CC(NCC(C)N(C)C)C1CCCCC1. The fourth-order valence-corrected chi connectivity index (χ4v) is 2.34. The van der Waals surface area contributed by atoms with Gasteiger partial charge in [0, 0.05) is 18.6 Å². The van der Waals surface area contributed by atoms with Crippen molar-refractivity contribution < 1.29 is 0 Å². The highest BCUT2D eigenvalue weighted by Crippen LogP contribution is 2.26. The summed E-state index contributed by atoms with van der Waals surface area (Å²) in [5.41, 5.74) is 0. The van der Waals surface area contributed by atoms with Crippen molar-refractivity contribution in [3.05, 3.63) is 0 Å². The van der Waals surface area contributed by atoms with Crippen LogP contribution in [-0.2, 0) is 0 Å². The topological polar surface area (TPSA) is 15.3 Å². The molecule has 90 valence electrons. The van der Waals surface area contributed by atoms with Crippen LogP contribution in [0.25, 0.3) is 0 Å². The smallest absolute Gasteiger partial charge is 0.0186 e.